The molecule has 1 aliphatic heterocycles. The van der Waals surface area contributed by atoms with Crippen LogP contribution in [0.15, 0.2) is 30.4 Å². The number of nitrogens with one attached hydrogen (secondary N) is 1. The van der Waals surface area contributed by atoms with Crippen LogP contribution in [0.1, 0.15) is 19.8 Å². The fraction of sp³-hybridized carbons (Fsp3) is 0.353. The molecule has 1 heterocycles. The number of likely N-dealkylation sites (tertiary alicyclic amines) is 1. The van der Waals surface area contributed by atoms with Gasteiger partial charge in [-0.25, -0.2) is 4.39 Å². The quantitative estimate of drug-likeness (QED) is 0.673. The summed E-state index contributed by atoms with van der Waals surface area (Å²) in [6.45, 7) is 1.46. The standard InChI is InChI=1S/C17H16ClFN2O3/c1-9(15(22)20-14-7-6-10(18)8-13(14)19)21-16(23)11-4-2-3-5-12(11)17(21)24/h2-3,6-9,11-12H,4-5H2,1H3,(H,20,22)/t9-,11-,12+/m0/s1. The number of halogens is 2. The minimum absolute atomic E-state index is 0.0468. The first kappa shape index (κ1) is 16.6. The third kappa shape index (κ3) is 2.82. The summed E-state index contributed by atoms with van der Waals surface area (Å²) in [4.78, 5) is 38.3. The van der Waals surface area contributed by atoms with E-state index in [0.29, 0.717) is 12.8 Å². The van der Waals surface area contributed by atoms with Gasteiger partial charge in [0.2, 0.25) is 17.7 Å². The fourth-order valence-electron chi connectivity index (χ4n) is 3.15. The van der Waals surface area contributed by atoms with E-state index in [-0.39, 0.29) is 22.5 Å². The van der Waals surface area contributed by atoms with E-state index in [1.54, 1.807) is 0 Å². The Labute approximate surface area is 143 Å². The molecule has 1 aromatic carbocycles. The highest BCUT2D eigenvalue weighted by Crippen LogP contribution is 2.36. The number of imide groups is 1. The first-order valence-corrected chi connectivity index (χ1v) is 8.05. The zero-order chi connectivity index (χ0) is 17.4. The average Bonchev–Trinajstić information content (AvgIpc) is 2.81. The minimum Gasteiger partial charge on any atom is -0.322 e. The van der Waals surface area contributed by atoms with E-state index in [2.05, 4.69) is 5.32 Å². The molecule has 0 aromatic heterocycles. The molecule has 3 rings (SSSR count). The van der Waals surface area contributed by atoms with Crippen molar-refractivity contribution in [1.29, 1.82) is 0 Å². The smallest absolute Gasteiger partial charge is 0.247 e. The minimum atomic E-state index is -1.01. The molecule has 0 radical (unpaired) electrons. The number of rotatable bonds is 3. The summed E-state index contributed by atoms with van der Waals surface area (Å²) in [7, 11) is 0. The maximum atomic E-state index is 13.8. The van der Waals surface area contributed by atoms with Gasteiger partial charge in [0.1, 0.15) is 11.9 Å². The summed E-state index contributed by atoms with van der Waals surface area (Å²) in [6, 6.07) is 2.84. The van der Waals surface area contributed by atoms with Crippen LogP contribution in [-0.2, 0) is 14.4 Å². The second kappa shape index (κ2) is 6.36. The summed E-state index contributed by atoms with van der Waals surface area (Å²) in [5.41, 5.74) is -0.0468. The molecular weight excluding hydrogens is 335 g/mol. The average molecular weight is 351 g/mol. The molecule has 0 spiro atoms. The van der Waals surface area contributed by atoms with Crippen LogP contribution in [0.25, 0.3) is 0 Å². The van der Waals surface area contributed by atoms with E-state index < -0.39 is 29.6 Å². The van der Waals surface area contributed by atoms with Gasteiger partial charge in [-0.05, 0) is 38.0 Å². The van der Waals surface area contributed by atoms with Crippen molar-refractivity contribution >= 4 is 35.0 Å². The first-order valence-electron chi connectivity index (χ1n) is 7.68. The lowest BCUT2D eigenvalue weighted by atomic mass is 9.85. The summed E-state index contributed by atoms with van der Waals surface area (Å²) < 4.78 is 13.8. The highest BCUT2D eigenvalue weighted by atomic mass is 35.5. The van der Waals surface area contributed by atoms with Crippen LogP contribution in [0.3, 0.4) is 0 Å². The van der Waals surface area contributed by atoms with Crippen LogP contribution < -0.4 is 5.32 Å². The van der Waals surface area contributed by atoms with Crippen molar-refractivity contribution in [2.24, 2.45) is 11.8 Å². The van der Waals surface area contributed by atoms with Crippen molar-refractivity contribution < 1.29 is 18.8 Å². The van der Waals surface area contributed by atoms with E-state index in [4.69, 9.17) is 11.6 Å². The van der Waals surface area contributed by atoms with Crippen molar-refractivity contribution in [2.75, 3.05) is 5.32 Å². The Morgan fingerprint density at radius 3 is 2.38 bits per heavy atom. The largest absolute Gasteiger partial charge is 0.322 e. The molecule has 1 aliphatic carbocycles. The number of anilines is 1. The normalized spacial score (nSPS) is 24.0. The Balaban J connectivity index is 1.76. The Kier molecular flexibility index (Phi) is 4.41. The lowest BCUT2D eigenvalue weighted by Gasteiger charge is -2.22. The van der Waals surface area contributed by atoms with Gasteiger partial charge in [-0.3, -0.25) is 19.3 Å². The maximum Gasteiger partial charge on any atom is 0.247 e. The number of carbonyl (C=O) groups excluding carboxylic acids is 3. The number of carbonyl (C=O) groups is 3. The number of benzene rings is 1. The predicted octanol–water partition coefficient (Wildman–Crippen LogP) is 2.76. The van der Waals surface area contributed by atoms with Gasteiger partial charge in [-0.2, -0.15) is 0 Å². The van der Waals surface area contributed by atoms with E-state index in [9.17, 15) is 18.8 Å². The Morgan fingerprint density at radius 1 is 1.25 bits per heavy atom. The molecular formula is C17H16ClFN2O3. The number of fused-ring (bicyclic) bond motifs is 1. The molecule has 3 amide bonds. The van der Waals surface area contributed by atoms with E-state index in [0.717, 1.165) is 11.0 Å². The number of allylic oxidation sites excluding steroid dienone is 2. The van der Waals surface area contributed by atoms with Gasteiger partial charge in [0.25, 0.3) is 0 Å². The third-order valence-electron chi connectivity index (χ3n) is 4.50. The molecule has 5 nitrogen and oxygen atoms in total. The lowest BCUT2D eigenvalue weighted by Crippen LogP contribution is -2.46. The molecule has 2 aliphatic rings. The summed E-state index contributed by atoms with van der Waals surface area (Å²) >= 11 is 5.67. The Bertz CT molecular complexity index is 723. The van der Waals surface area contributed by atoms with Gasteiger partial charge in [-0.15, -0.1) is 0 Å². The molecule has 1 aromatic rings. The molecule has 3 atom stereocenters. The van der Waals surface area contributed by atoms with Crippen molar-refractivity contribution in [3.8, 4) is 0 Å². The van der Waals surface area contributed by atoms with Crippen LogP contribution in [0, 0.1) is 17.7 Å². The van der Waals surface area contributed by atoms with E-state index in [1.807, 2.05) is 12.2 Å². The zero-order valence-corrected chi connectivity index (χ0v) is 13.7. The van der Waals surface area contributed by atoms with Crippen LogP contribution in [0.2, 0.25) is 5.02 Å². The van der Waals surface area contributed by atoms with Crippen molar-refractivity contribution in [2.45, 2.75) is 25.8 Å². The van der Waals surface area contributed by atoms with Gasteiger partial charge < -0.3 is 5.32 Å². The summed E-state index contributed by atoms with van der Waals surface area (Å²) in [5.74, 6) is -2.78. The second-order valence-electron chi connectivity index (χ2n) is 5.99. The Hall–Kier alpha value is -2.21. The Morgan fingerprint density at radius 2 is 1.83 bits per heavy atom. The van der Waals surface area contributed by atoms with Crippen molar-refractivity contribution in [1.82, 2.24) is 4.90 Å². The van der Waals surface area contributed by atoms with Crippen LogP contribution in [-0.4, -0.2) is 28.7 Å². The molecule has 1 fully saturated rings. The van der Waals surface area contributed by atoms with Gasteiger partial charge in [-0.1, -0.05) is 23.8 Å². The van der Waals surface area contributed by atoms with Gasteiger partial charge in [0, 0.05) is 5.02 Å². The van der Waals surface area contributed by atoms with Gasteiger partial charge in [0.05, 0.1) is 17.5 Å². The number of amides is 3. The lowest BCUT2D eigenvalue weighted by molar-refractivity contribution is -0.146. The van der Waals surface area contributed by atoms with E-state index >= 15 is 0 Å². The summed E-state index contributed by atoms with van der Waals surface area (Å²) in [6.07, 6.45) is 4.77. The number of hydrogen-bond donors (Lipinski definition) is 1. The van der Waals surface area contributed by atoms with Gasteiger partial charge >= 0.3 is 0 Å². The van der Waals surface area contributed by atoms with Crippen molar-refractivity contribution in [3.63, 3.8) is 0 Å². The highest BCUT2D eigenvalue weighted by molar-refractivity contribution is 6.30. The molecule has 126 valence electrons. The zero-order valence-electron chi connectivity index (χ0n) is 13.0. The summed E-state index contributed by atoms with van der Waals surface area (Å²) in [5, 5.41) is 2.61. The van der Waals surface area contributed by atoms with Crippen LogP contribution in [0.4, 0.5) is 10.1 Å². The predicted molar refractivity (Wildman–Crippen MR) is 86.7 cm³/mol. The second-order valence-corrected chi connectivity index (χ2v) is 6.43. The number of hydrogen-bond acceptors (Lipinski definition) is 3. The number of nitrogens with zero attached hydrogens (tertiary/aromatic N) is 1. The maximum absolute atomic E-state index is 13.8. The van der Waals surface area contributed by atoms with Crippen LogP contribution in [0.5, 0.6) is 0 Å². The molecule has 24 heavy (non-hydrogen) atoms. The third-order valence-corrected chi connectivity index (χ3v) is 4.73. The molecule has 1 N–H and O–H groups in total. The highest BCUT2D eigenvalue weighted by Gasteiger charge is 2.50. The topological polar surface area (TPSA) is 66.5 Å². The molecule has 7 heteroatoms. The monoisotopic (exact) mass is 350 g/mol. The molecule has 0 unspecified atom stereocenters. The molecule has 0 bridgehead atoms. The fourth-order valence-corrected chi connectivity index (χ4v) is 3.31. The van der Waals surface area contributed by atoms with E-state index in [1.165, 1.54) is 19.1 Å². The first-order chi connectivity index (χ1) is 11.4. The molecule has 0 saturated carbocycles. The van der Waals surface area contributed by atoms with Gasteiger partial charge in [0.15, 0.2) is 0 Å². The molecule has 1 saturated heterocycles. The van der Waals surface area contributed by atoms with Crippen LogP contribution >= 0.6 is 11.6 Å². The van der Waals surface area contributed by atoms with Crippen molar-refractivity contribution in [3.05, 3.63) is 41.2 Å². The SMILES string of the molecule is C[C@@H](C(=O)Nc1ccc(Cl)cc1F)N1C(=O)[C@H]2CC=CC[C@H]2C1=O.